The van der Waals surface area contributed by atoms with E-state index in [0.717, 1.165) is 45.5 Å². The van der Waals surface area contributed by atoms with Crippen molar-refractivity contribution in [3.63, 3.8) is 0 Å². The molecule has 1 aromatic heterocycles. The van der Waals surface area contributed by atoms with Gasteiger partial charge in [0, 0.05) is 15.6 Å². The van der Waals surface area contributed by atoms with Crippen LogP contribution in [0.4, 0.5) is 0 Å². The minimum atomic E-state index is -0.280. The first kappa shape index (κ1) is 23.7. The van der Waals surface area contributed by atoms with Gasteiger partial charge < -0.3 is 9.84 Å². The van der Waals surface area contributed by atoms with Crippen LogP contribution in [0.3, 0.4) is 0 Å². The zero-order valence-electron chi connectivity index (χ0n) is 19.2. The number of phenolic OH excluding ortho intramolecular Hbond substituents is 1. The molecule has 0 amide bonds. The molecular weight excluding hydrogens is 651 g/mol. The Labute approximate surface area is 233 Å². The molecule has 8 heteroatoms. The molecule has 1 N–H and O–H groups in total. The molecule has 0 saturated heterocycles. The van der Waals surface area contributed by atoms with Crippen molar-refractivity contribution in [2.45, 2.75) is 18.9 Å². The molecule has 6 rings (SSSR count). The van der Waals surface area contributed by atoms with Gasteiger partial charge in [-0.3, -0.25) is 9.36 Å². The molecule has 3 aromatic carbocycles. The largest absolute Gasteiger partial charge is 0.506 e. The highest BCUT2D eigenvalue weighted by Gasteiger charge is 2.32. The van der Waals surface area contributed by atoms with Gasteiger partial charge >= 0.3 is 0 Å². The second-order valence-corrected chi connectivity index (χ2v) is 11.8. The number of aromatic hydroxyl groups is 1. The summed E-state index contributed by atoms with van der Waals surface area (Å²) in [6.07, 6.45) is 3.48. The smallest absolute Gasteiger partial charge is 0.271 e. The lowest BCUT2D eigenvalue weighted by Crippen LogP contribution is -2.38. The number of aromatic nitrogens is 1. The number of benzene rings is 3. The summed E-state index contributed by atoms with van der Waals surface area (Å²) in [5.74, 6) is 0.904. The minimum absolute atomic E-state index is 0.119. The maximum Gasteiger partial charge on any atom is 0.271 e. The van der Waals surface area contributed by atoms with Crippen molar-refractivity contribution in [3.05, 3.63) is 116 Å². The van der Waals surface area contributed by atoms with Crippen LogP contribution in [-0.2, 0) is 6.42 Å². The molecule has 0 saturated carbocycles. The highest BCUT2D eigenvalue weighted by atomic mass is 127. The fourth-order valence-electron chi connectivity index (χ4n) is 4.97. The van der Waals surface area contributed by atoms with Crippen molar-refractivity contribution in [2.75, 3.05) is 7.11 Å². The van der Waals surface area contributed by atoms with E-state index in [-0.39, 0.29) is 17.4 Å². The lowest BCUT2D eigenvalue weighted by Gasteiger charge is -2.31. The lowest BCUT2D eigenvalue weighted by atomic mass is 9.83. The summed E-state index contributed by atoms with van der Waals surface area (Å²) >= 11 is 6.93. The Kier molecular flexibility index (Phi) is 6.13. The molecule has 1 aliphatic heterocycles. The van der Waals surface area contributed by atoms with Crippen LogP contribution in [0.15, 0.2) is 80.5 Å². The Bertz CT molecular complexity index is 1760. The monoisotopic (exact) mass is 670 g/mol. The van der Waals surface area contributed by atoms with Gasteiger partial charge in [-0.1, -0.05) is 63.7 Å². The fraction of sp³-hybridized carbons (Fsp3) is 0.143. The molecule has 0 bridgehead atoms. The van der Waals surface area contributed by atoms with E-state index in [1.54, 1.807) is 17.8 Å². The molecular formula is C28H20BrIN2O3S. The summed E-state index contributed by atoms with van der Waals surface area (Å²) in [6.45, 7) is 0. The van der Waals surface area contributed by atoms with E-state index in [1.165, 1.54) is 16.9 Å². The van der Waals surface area contributed by atoms with Gasteiger partial charge in [-0.15, -0.1) is 0 Å². The topological polar surface area (TPSA) is 63.8 Å². The first-order valence-electron chi connectivity index (χ1n) is 11.4. The van der Waals surface area contributed by atoms with Crippen LogP contribution in [0.5, 0.6) is 11.5 Å². The van der Waals surface area contributed by atoms with Gasteiger partial charge in [0.25, 0.3) is 5.56 Å². The Balaban J connectivity index is 1.64. The Morgan fingerprint density at radius 2 is 2.00 bits per heavy atom. The fourth-order valence-corrected chi connectivity index (χ4v) is 7.51. The first-order valence-corrected chi connectivity index (χ1v) is 14.1. The molecule has 1 atom stereocenters. The van der Waals surface area contributed by atoms with Gasteiger partial charge in [0.15, 0.2) is 4.80 Å². The second-order valence-electron chi connectivity index (χ2n) is 8.72. The predicted octanol–water partition coefficient (Wildman–Crippen LogP) is 5.40. The first-order chi connectivity index (χ1) is 17.4. The van der Waals surface area contributed by atoms with Crippen molar-refractivity contribution in [1.82, 2.24) is 4.57 Å². The summed E-state index contributed by atoms with van der Waals surface area (Å²) in [5, 5.41) is 10.6. The quantitative estimate of drug-likeness (QED) is 0.297. The maximum atomic E-state index is 13.9. The van der Waals surface area contributed by atoms with E-state index in [0.29, 0.717) is 18.5 Å². The van der Waals surface area contributed by atoms with Gasteiger partial charge in [0.2, 0.25) is 0 Å². The summed E-state index contributed by atoms with van der Waals surface area (Å²) < 4.78 is 9.39. The van der Waals surface area contributed by atoms with Crippen LogP contribution in [0.25, 0.3) is 11.8 Å². The molecule has 0 fully saturated rings. The highest BCUT2D eigenvalue weighted by molar-refractivity contribution is 14.1. The van der Waals surface area contributed by atoms with Gasteiger partial charge in [-0.2, -0.15) is 0 Å². The molecule has 5 nitrogen and oxygen atoms in total. The molecule has 36 heavy (non-hydrogen) atoms. The zero-order chi connectivity index (χ0) is 25.0. The van der Waals surface area contributed by atoms with Gasteiger partial charge in [-0.05, 0) is 82.5 Å². The molecule has 2 aliphatic rings. The number of methoxy groups -OCH3 is 1. The number of hydrogen-bond acceptors (Lipinski definition) is 5. The van der Waals surface area contributed by atoms with E-state index < -0.39 is 0 Å². The molecule has 2 heterocycles. The number of rotatable bonds is 3. The average Bonchev–Trinajstić information content (AvgIpc) is 3.20. The molecule has 1 aliphatic carbocycles. The molecule has 0 spiro atoms. The standard InChI is InChI=1S/C28H20BrIN2O3S/c1-35-19-7-4-6-16(12-19)25-21-10-9-15-5-2-3-8-20(15)24(21)31-28-32(25)27(34)23(36-28)13-17-11-18(29)14-22(30)26(17)33/h2-8,11-14,25,33H,9-10H2,1H3/b23-13+. The number of allylic oxidation sites excluding steroid dienone is 1. The number of nitrogens with zero attached hydrogens (tertiary/aromatic N) is 2. The SMILES string of the molecule is COc1cccc(C2C3=C(N=c4s/c(=C/c5cc(Br)cc(I)c5O)c(=O)n42)c2ccccc2CC3)c1. The van der Waals surface area contributed by atoms with Crippen molar-refractivity contribution >= 4 is 61.6 Å². The normalized spacial score (nSPS) is 16.8. The van der Waals surface area contributed by atoms with E-state index in [1.807, 2.05) is 42.5 Å². The third-order valence-corrected chi connectivity index (χ3v) is 8.89. The van der Waals surface area contributed by atoms with Crippen LogP contribution in [0.2, 0.25) is 0 Å². The maximum absolute atomic E-state index is 13.9. The Morgan fingerprint density at radius 1 is 1.17 bits per heavy atom. The van der Waals surface area contributed by atoms with Crippen molar-refractivity contribution in [1.29, 1.82) is 0 Å². The highest BCUT2D eigenvalue weighted by Crippen LogP contribution is 2.41. The number of hydrogen-bond donors (Lipinski definition) is 1. The summed E-state index contributed by atoms with van der Waals surface area (Å²) in [4.78, 5) is 19.6. The van der Waals surface area contributed by atoms with Crippen LogP contribution in [0, 0.1) is 3.57 Å². The van der Waals surface area contributed by atoms with E-state index in [9.17, 15) is 9.90 Å². The van der Waals surface area contributed by atoms with Crippen molar-refractivity contribution in [3.8, 4) is 11.5 Å². The number of fused-ring (bicyclic) bond motifs is 3. The second kappa shape index (κ2) is 9.32. The van der Waals surface area contributed by atoms with Crippen LogP contribution >= 0.6 is 49.9 Å². The van der Waals surface area contributed by atoms with Crippen molar-refractivity contribution in [2.24, 2.45) is 4.99 Å². The number of ether oxygens (including phenoxy) is 1. The zero-order valence-corrected chi connectivity index (χ0v) is 23.7. The predicted molar refractivity (Wildman–Crippen MR) is 154 cm³/mol. The Morgan fingerprint density at radius 3 is 2.83 bits per heavy atom. The molecule has 1 unspecified atom stereocenters. The van der Waals surface area contributed by atoms with Gasteiger partial charge in [-0.25, -0.2) is 4.99 Å². The lowest BCUT2D eigenvalue weighted by molar-refractivity contribution is 0.413. The summed E-state index contributed by atoms with van der Waals surface area (Å²) in [5.41, 5.74) is 5.96. The summed E-state index contributed by atoms with van der Waals surface area (Å²) in [7, 11) is 1.65. The van der Waals surface area contributed by atoms with E-state index >= 15 is 0 Å². The number of aryl methyl sites for hydroxylation is 1. The van der Waals surface area contributed by atoms with Crippen molar-refractivity contribution < 1.29 is 9.84 Å². The third kappa shape index (κ3) is 3.95. The van der Waals surface area contributed by atoms with E-state index in [4.69, 9.17) is 9.73 Å². The average molecular weight is 671 g/mol. The summed E-state index contributed by atoms with van der Waals surface area (Å²) in [6, 6.07) is 19.7. The van der Waals surface area contributed by atoms with E-state index in [2.05, 4.69) is 56.7 Å². The number of phenols is 1. The number of thiazole rings is 1. The van der Waals surface area contributed by atoms with Crippen LogP contribution < -0.4 is 19.6 Å². The third-order valence-electron chi connectivity index (χ3n) is 6.63. The molecule has 180 valence electrons. The van der Waals surface area contributed by atoms with Gasteiger partial charge in [0.05, 0.1) is 27.0 Å². The van der Waals surface area contributed by atoms with Crippen LogP contribution in [0.1, 0.15) is 34.7 Å². The molecule has 4 aromatic rings. The Hall–Kier alpha value is -2.69. The molecule has 0 radical (unpaired) electrons. The minimum Gasteiger partial charge on any atom is -0.506 e. The number of halogens is 2. The van der Waals surface area contributed by atoms with Crippen LogP contribution in [-0.4, -0.2) is 16.8 Å². The van der Waals surface area contributed by atoms with Gasteiger partial charge in [0.1, 0.15) is 11.5 Å².